The fraction of sp³-hybridized carbons (Fsp3) is 0.786. The van der Waals surface area contributed by atoms with Gasteiger partial charge in [-0.1, -0.05) is 12.5 Å². The molecule has 96 valence electrons. The zero-order valence-corrected chi connectivity index (χ0v) is 11.0. The highest BCUT2D eigenvalue weighted by Crippen LogP contribution is 2.49. The van der Waals surface area contributed by atoms with Crippen LogP contribution in [0.5, 0.6) is 0 Å². The summed E-state index contributed by atoms with van der Waals surface area (Å²) >= 11 is 0. The molecule has 2 aliphatic carbocycles. The fourth-order valence-electron chi connectivity index (χ4n) is 3.34. The first kappa shape index (κ1) is 12.8. The van der Waals surface area contributed by atoms with Gasteiger partial charge in [0.15, 0.2) is 5.78 Å². The number of Topliss-reactive ketones (excluding diaryl/α,β-unsaturated/α-hetero) is 1. The van der Waals surface area contributed by atoms with Gasteiger partial charge in [0.05, 0.1) is 6.10 Å². The van der Waals surface area contributed by atoms with Crippen molar-refractivity contribution in [3.8, 4) is 0 Å². The zero-order valence-electron chi connectivity index (χ0n) is 11.0. The number of methoxy groups -OCH3 is 1. The Hall–Kier alpha value is -0.670. The van der Waals surface area contributed by atoms with Crippen molar-refractivity contribution in [3.05, 3.63) is 11.1 Å². The van der Waals surface area contributed by atoms with Crippen LogP contribution >= 0.6 is 0 Å². The van der Waals surface area contributed by atoms with Gasteiger partial charge < -0.3 is 9.47 Å². The van der Waals surface area contributed by atoms with Gasteiger partial charge in [0.25, 0.3) is 0 Å². The van der Waals surface area contributed by atoms with E-state index in [-0.39, 0.29) is 11.5 Å². The molecule has 0 radical (unpaired) electrons. The molecule has 0 N–H and O–H groups in total. The van der Waals surface area contributed by atoms with Gasteiger partial charge in [-0.25, -0.2) is 0 Å². The number of fused-ring (bicyclic) bond motifs is 1. The maximum atomic E-state index is 11.8. The van der Waals surface area contributed by atoms with Crippen molar-refractivity contribution in [1.29, 1.82) is 0 Å². The summed E-state index contributed by atoms with van der Waals surface area (Å²) in [4.78, 5) is 11.8. The lowest BCUT2D eigenvalue weighted by Crippen LogP contribution is -2.43. The summed E-state index contributed by atoms with van der Waals surface area (Å²) in [6.45, 7) is 4.58. The minimum Gasteiger partial charge on any atom is -0.359 e. The molecule has 2 aliphatic rings. The number of allylic oxidation sites excluding steroid dienone is 1. The van der Waals surface area contributed by atoms with Crippen LogP contribution in [0.4, 0.5) is 0 Å². The van der Waals surface area contributed by atoms with Crippen LogP contribution < -0.4 is 0 Å². The Morgan fingerprint density at radius 2 is 2.18 bits per heavy atom. The van der Waals surface area contributed by atoms with Crippen LogP contribution in [0.2, 0.25) is 0 Å². The molecule has 0 aliphatic heterocycles. The molecule has 0 amide bonds. The van der Waals surface area contributed by atoms with E-state index in [1.54, 1.807) is 7.11 Å². The monoisotopic (exact) mass is 238 g/mol. The molecule has 3 heteroatoms. The number of hydrogen-bond acceptors (Lipinski definition) is 3. The Morgan fingerprint density at radius 3 is 2.88 bits per heavy atom. The van der Waals surface area contributed by atoms with E-state index in [1.807, 2.05) is 6.92 Å². The first-order valence-corrected chi connectivity index (χ1v) is 6.43. The van der Waals surface area contributed by atoms with Crippen LogP contribution in [-0.2, 0) is 14.3 Å². The first-order chi connectivity index (χ1) is 8.09. The Bertz CT molecular complexity index is 345. The quantitative estimate of drug-likeness (QED) is 0.709. The largest absolute Gasteiger partial charge is 0.359 e. The third kappa shape index (κ3) is 2.18. The second-order valence-corrected chi connectivity index (χ2v) is 5.40. The van der Waals surface area contributed by atoms with Crippen molar-refractivity contribution in [2.45, 2.75) is 52.1 Å². The highest BCUT2D eigenvalue weighted by molar-refractivity contribution is 5.96. The predicted octanol–water partition coefficient (Wildman–Crippen LogP) is 2.85. The SMILES string of the molecule is COCO[C@H]1CCCC2=C(C)C(=O)CC[C@@]21C. The second kappa shape index (κ2) is 4.91. The molecule has 0 aromatic heterocycles. The zero-order chi connectivity index (χ0) is 12.5. The number of ketones is 1. The van der Waals surface area contributed by atoms with Crippen LogP contribution in [0.15, 0.2) is 11.1 Å². The van der Waals surface area contributed by atoms with Gasteiger partial charge in [-0.05, 0) is 38.2 Å². The minimum atomic E-state index is 0.0504. The summed E-state index contributed by atoms with van der Waals surface area (Å²) in [5.74, 6) is 0.324. The Kier molecular flexibility index (Phi) is 3.69. The van der Waals surface area contributed by atoms with E-state index >= 15 is 0 Å². The molecule has 2 atom stereocenters. The molecular weight excluding hydrogens is 216 g/mol. The van der Waals surface area contributed by atoms with Gasteiger partial charge >= 0.3 is 0 Å². The molecule has 1 saturated carbocycles. The highest BCUT2D eigenvalue weighted by atomic mass is 16.7. The summed E-state index contributed by atoms with van der Waals surface area (Å²) < 4.78 is 10.8. The van der Waals surface area contributed by atoms with E-state index in [9.17, 15) is 4.79 Å². The minimum absolute atomic E-state index is 0.0504. The summed E-state index contributed by atoms with van der Waals surface area (Å²) in [6.07, 6.45) is 5.04. The summed E-state index contributed by atoms with van der Waals surface area (Å²) in [6, 6.07) is 0. The Labute approximate surface area is 103 Å². The van der Waals surface area contributed by atoms with E-state index in [2.05, 4.69) is 6.92 Å². The average Bonchev–Trinajstić information content (AvgIpc) is 2.32. The first-order valence-electron chi connectivity index (χ1n) is 6.43. The average molecular weight is 238 g/mol. The van der Waals surface area contributed by atoms with E-state index in [0.29, 0.717) is 19.0 Å². The van der Waals surface area contributed by atoms with Gasteiger partial charge in [0, 0.05) is 18.9 Å². The van der Waals surface area contributed by atoms with Gasteiger partial charge in [-0.2, -0.15) is 0 Å². The molecular formula is C14H22O3. The normalized spacial score (nSPS) is 33.8. The van der Waals surface area contributed by atoms with Crippen LogP contribution in [0.25, 0.3) is 0 Å². The van der Waals surface area contributed by atoms with Crippen molar-refractivity contribution in [2.75, 3.05) is 13.9 Å². The Balaban J connectivity index is 2.26. The molecule has 0 unspecified atom stereocenters. The molecule has 0 aromatic rings. The van der Waals surface area contributed by atoms with Crippen LogP contribution in [0.3, 0.4) is 0 Å². The van der Waals surface area contributed by atoms with Crippen molar-refractivity contribution in [2.24, 2.45) is 5.41 Å². The van der Waals surface area contributed by atoms with Crippen molar-refractivity contribution in [1.82, 2.24) is 0 Å². The molecule has 0 aromatic carbocycles. The number of carbonyl (C=O) groups is 1. The fourth-order valence-corrected chi connectivity index (χ4v) is 3.34. The standard InChI is InChI=1S/C14H22O3/c1-10-11-5-4-6-13(17-9-16-3)14(11,2)8-7-12(10)15/h13H,4-9H2,1-3H3/t13-,14-/m0/s1. The number of rotatable bonds is 3. The summed E-state index contributed by atoms with van der Waals surface area (Å²) in [5.41, 5.74) is 2.37. The molecule has 1 fully saturated rings. The summed E-state index contributed by atoms with van der Waals surface area (Å²) in [5, 5.41) is 0. The molecule has 0 saturated heterocycles. The maximum Gasteiger partial charge on any atom is 0.158 e. The maximum absolute atomic E-state index is 11.8. The number of hydrogen-bond donors (Lipinski definition) is 0. The van der Waals surface area contributed by atoms with E-state index in [4.69, 9.17) is 9.47 Å². The molecule has 0 heterocycles. The summed E-state index contributed by atoms with van der Waals surface area (Å²) in [7, 11) is 1.65. The van der Waals surface area contributed by atoms with Crippen LogP contribution in [0.1, 0.15) is 46.0 Å². The predicted molar refractivity (Wildman–Crippen MR) is 65.6 cm³/mol. The topological polar surface area (TPSA) is 35.5 Å². The van der Waals surface area contributed by atoms with Crippen LogP contribution in [0, 0.1) is 5.41 Å². The lowest BCUT2D eigenvalue weighted by molar-refractivity contribution is -0.127. The van der Waals surface area contributed by atoms with Crippen molar-refractivity contribution in [3.63, 3.8) is 0 Å². The van der Waals surface area contributed by atoms with Crippen LogP contribution in [-0.4, -0.2) is 25.8 Å². The lowest BCUT2D eigenvalue weighted by atomic mass is 9.62. The van der Waals surface area contributed by atoms with E-state index in [1.165, 1.54) is 5.57 Å². The van der Waals surface area contributed by atoms with Crippen molar-refractivity contribution >= 4 is 5.78 Å². The smallest absolute Gasteiger partial charge is 0.158 e. The van der Waals surface area contributed by atoms with E-state index < -0.39 is 0 Å². The highest BCUT2D eigenvalue weighted by Gasteiger charge is 2.44. The second-order valence-electron chi connectivity index (χ2n) is 5.40. The molecule has 3 nitrogen and oxygen atoms in total. The Morgan fingerprint density at radius 1 is 1.41 bits per heavy atom. The van der Waals surface area contributed by atoms with Gasteiger partial charge in [-0.3, -0.25) is 4.79 Å². The van der Waals surface area contributed by atoms with Gasteiger partial charge in [0.2, 0.25) is 0 Å². The van der Waals surface area contributed by atoms with Gasteiger partial charge in [-0.15, -0.1) is 0 Å². The third-order valence-electron chi connectivity index (χ3n) is 4.42. The number of carbonyl (C=O) groups excluding carboxylic acids is 1. The molecule has 0 bridgehead atoms. The van der Waals surface area contributed by atoms with Crippen molar-refractivity contribution < 1.29 is 14.3 Å². The third-order valence-corrected chi connectivity index (χ3v) is 4.42. The molecule has 0 spiro atoms. The lowest BCUT2D eigenvalue weighted by Gasteiger charge is -2.46. The molecule has 2 rings (SSSR count). The number of ether oxygens (including phenoxy) is 2. The van der Waals surface area contributed by atoms with E-state index in [0.717, 1.165) is 31.3 Å². The molecule has 17 heavy (non-hydrogen) atoms. The van der Waals surface area contributed by atoms with Gasteiger partial charge in [0.1, 0.15) is 6.79 Å².